The van der Waals surface area contributed by atoms with E-state index >= 15 is 0 Å². The predicted octanol–water partition coefficient (Wildman–Crippen LogP) is 3.22. The van der Waals surface area contributed by atoms with Gasteiger partial charge in [0, 0.05) is 5.69 Å². The van der Waals surface area contributed by atoms with Crippen LogP contribution in [0.4, 0.5) is 30.6 Å². The molecule has 1 aromatic carbocycles. The van der Waals surface area contributed by atoms with Gasteiger partial charge in [0.05, 0.1) is 5.56 Å². The number of amides is 1. The first-order valence-corrected chi connectivity index (χ1v) is 10.5. The van der Waals surface area contributed by atoms with E-state index in [1.54, 1.807) is 6.26 Å². The van der Waals surface area contributed by atoms with Crippen LogP contribution in [0.25, 0.3) is 0 Å². The summed E-state index contributed by atoms with van der Waals surface area (Å²) in [5, 5.41) is 15.2. The third-order valence-electron chi connectivity index (χ3n) is 4.23. The molecule has 0 unspecified atom stereocenters. The zero-order chi connectivity index (χ0) is 23.0. The first-order valence-electron chi connectivity index (χ1n) is 9.26. The Kier molecular flexibility index (Phi) is 8.47. The van der Waals surface area contributed by atoms with Gasteiger partial charge in [-0.05, 0) is 50.3 Å². The third-order valence-corrected chi connectivity index (χ3v) is 4.91. The molecule has 1 heterocycles. The van der Waals surface area contributed by atoms with Crippen LogP contribution < -0.4 is 22.1 Å². The summed E-state index contributed by atoms with van der Waals surface area (Å²) in [4.78, 5) is 20.9. The van der Waals surface area contributed by atoms with Gasteiger partial charge >= 0.3 is 6.18 Å². The minimum Gasteiger partial charge on any atom is -0.368 e. The van der Waals surface area contributed by atoms with Gasteiger partial charge in [-0.2, -0.15) is 23.4 Å². The van der Waals surface area contributed by atoms with E-state index in [4.69, 9.17) is 11.5 Å². The number of alkyl halides is 3. The summed E-state index contributed by atoms with van der Waals surface area (Å²) in [6, 6.07) is 5.43. The van der Waals surface area contributed by atoms with Crippen molar-refractivity contribution in [2.45, 2.75) is 36.5 Å². The van der Waals surface area contributed by atoms with Crippen molar-refractivity contribution >= 4 is 35.1 Å². The fraction of sp³-hybridized carbons (Fsp3) is 0.368. The largest absolute Gasteiger partial charge is 0.416 e. The van der Waals surface area contributed by atoms with E-state index in [1.165, 1.54) is 23.9 Å². The number of benzene rings is 1. The Labute approximate surface area is 181 Å². The number of carbonyl (C=O) groups excluding carboxylic acids is 1. The standard InChI is InChI=1S/C19H22F3N7OS/c1-31-17-13(10-24)15(28-18(25)29-17)27-14(7-2-3-8-23)16(30)26-12-6-4-5-11(9-12)19(20,21)22/h4-6,9,14H,2-3,7-8,23H2,1H3,(H,26,30)(H3,25,27,28,29)/t14-/m1/s1. The van der Waals surface area contributed by atoms with Crippen molar-refractivity contribution in [2.75, 3.05) is 29.2 Å². The van der Waals surface area contributed by atoms with Gasteiger partial charge in [-0.25, -0.2) is 4.98 Å². The van der Waals surface area contributed by atoms with Crippen molar-refractivity contribution < 1.29 is 18.0 Å². The van der Waals surface area contributed by atoms with E-state index in [9.17, 15) is 23.2 Å². The molecule has 0 fully saturated rings. The Hall–Kier alpha value is -3.04. The molecule has 0 saturated carbocycles. The number of anilines is 3. The van der Waals surface area contributed by atoms with Gasteiger partial charge in [0.2, 0.25) is 11.9 Å². The Morgan fingerprint density at radius 2 is 2.06 bits per heavy atom. The smallest absolute Gasteiger partial charge is 0.368 e. The molecule has 0 spiro atoms. The Morgan fingerprint density at radius 3 is 2.68 bits per heavy atom. The van der Waals surface area contributed by atoms with Gasteiger partial charge in [-0.15, -0.1) is 11.8 Å². The normalized spacial score (nSPS) is 12.1. The Bertz CT molecular complexity index is 962. The number of unbranched alkanes of at least 4 members (excludes halogenated alkanes) is 1. The molecule has 0 saturated heterocycles. The summed E-state index contributed by atoms with van der Waals surface area (Å²) in [6.07, 6.45) is -1.30. The monoisotopic (exact) mass is 453 g/mol. The van der Waals surface area contributed by atoms with Gasteiger partial charge in [0.15, 0.2) is 5.82 Å². The van der Waals surface area contributed by atoms with Crippen LogP contribution in [0.5, 0.6) is 0 Å². The van der Waals surface area contributed by atoms with Crippen molar-refractivity contribution in [1.29, 1.82) is 5.26 Å². The molecule has 0 bridgehead atoms. The average Bonchev–Trinajstić information content (AvgIpc) is 2.72. The van der Waals surface area contributed by atoms with Crippen LogP contribution in [0.3, 0.4) is 0 Å². The highest BCUT2D eigenvalue weighted by Gasteiger charge is 2.31. The summed E-state index contributed by atoms with van der Waals surface area (Å²) < 4.78 is 38.9. The fourth-order valence-electron chi connectivity index (χ4n) is 2.74. The highest BCUT2D eigenvalue weighted by Crippen LogP contribution is 2.31. The lowest BCUT2D eigenvalue weighted by Gasteiger charge is -2.20. The number of nitrogen functional groups attached to an aromatic ring is 1. The summed E-state index contributed by atoms with van der Waals surface area (Å²) in [7, 11) is 0. The zero-order valence-corrected chi connectivity index (χ0v) is 17.5. The predicted molar refractivity (Wildman–Crippen MR) is 113 cm³/mol. The highest BCUT2D eigenvalue weighted by atomic mass is 32.2. The van der Waals surface area contributed by atoms with Gasteiger partial charge in [0.25, 0.3) is 0 Å². The van der Waals surface area contributed by atoms with Crippen molar-refractivity contribution in [2.24, 2.45) is 5.73 Å². The number of rotatable bonds is 9. The maximum absolute atomic E-state index is 13.0. The maximum atomic E-state index is 13.0. The number of nitriles is 1. The first kappa shape index (κ1) is 24.2. The van der Waals surface area contributed by atoms with Crippen molar-refractivity contribution in [1.82, 2.24) is 9.97 Å². The van der Waals surface area contributed by atoms with Gasteiger partial charge < -0.3 is 22.1 Å². The molecule has 0 aliphatic heterocycles. The Morgan fingerprint density at radius 1 is 1.32 bits per heavy atom. The van der Waals surface area contributed by atoms with E-state index in [2.05, 4.69) is 20.6 Å². The van der Waals surface area contributed by atoms with Crippen LogP contribution in [0.15, 0.2) is 29.3 Å². The minimum absolute atomic E-state index is 0.00189. The maximum Gasteiger partial charge on any atom is 0.416 e. The fourth-order valence-corrected chi connectivity index (χ4v) is 3.27. The summed E-state index contributed by atoms with van der Waals surface area (Å²) in [5.41, 5.74) is 10.5. The lowest BCUT2D eigenvalue weighted by molar-refractivity contribution is -0.137. The molecule has 1 amide bonds. The van der Waals surface area contributed by atoms with Crippen LogP contribution in [-0.2, 0) is 11.0 Å². The van der Waals surface area contributed by atoms with Gasteiger partial charge in [0.1, 0.15) is 22.7 Å². The van der Waals surface area contributed by atoms with Crippen molar-refractivity contribution in [3.8, 4) is 6.07 Å². The van der Waals surface area contributed by atoms with E-state index in [1.807, 2.05) is 6.07 Å². The quantitative estimate of drug-likeness (QED) is 0.257. The number of hydrogen-bond acceptors (Lipinski definition) is 8. The lowest BCUT2D eigenvalue weighted by atomic mass is 10.1. The average molecular weight is 453 g/mol. The van der Waals surface area contributed by atoms with Crippen LogP contribution in [0.2, 0.25) is 0 Å². The van der Waals surface area contributed by atoms with Gasteiger partial charge in [-0.3, -0.25) is 4.79 Å². The number of aromatic nitrogens is 2. The molecule has 2 rings (SSSR count). The molecule has 0 aliphatic rings. The number of carbonyl (C=O) groups is 1. The second-order valence-corrected chi connectivity index (χ2v) is 7.27. The first-order chi connectivity index (χ1) is 14.7. The second kappa shape index (κ2) is 10.8. The van der Waals surface area contributed by atoms with Crippen molar-refractivity contribution in [3.63, 3.8) is 0 Å². The molecule has 1 atom stereocenters. The van der Waals surface area contributed by atoms with Crippen LogP contribution >= 0.6 is 11.8 Å². The molecule has 8 nitrogen and oxygen atoms in total. The van der Waals surface area contributed by atoms with E-state index < -0.39 is 23.7 Å². The number of thioether (sulfide) groups is 1. The molecule has 12 heteroatoms. The van der Waals surface area contributed by atoms with E-state index in [0.717, 1.165) is 12.1 Å². The number of nitrogens with two attached hydrogens (primary N) is 2. The minimum atomic E-state index is -4.53. The molecule has 0 radical (unpaired) electrons. The van der Waals surface area contributed by atoms with Gasteiger partial charge in [-0.1, -0.05) is 6.07 Å². The number of hydrogen-bond donors (Lipinski definition) is 4. The van der Waals surface area contributed by atoms with E-state index in [0.29, 0.717) is 30.8 Å². The molecular formula is C19H22F3N7OS. The number of halogens is 3. The van der Waals surface area contributed by atoms with Crippen LogP contribution in [0, 0.1) is 11.3 Å². The van der Waals surface area contributed by atoms with E-state index in [-0.39, 0.29) is 23.0 Å². The molecule has 2 aromatic rings. The highest BCUT2D eigenvalue weighted by molar-refractivity contribution is 7.98. The summed E-state index contributed by atoms with van der Waals surface area (Å²) in [6.45, 7) is 0.419. The lowest BCUT2D eigenvalue weighted by Crippen LogP contribution is -2.35. The molecule has 0 aliphatic carbocycles. The zero-order valence-electron chi connectivity index (χ0n) is 16.7. The third kappa shape index (κ3) is 6.73. The van der Waals surface area contributed by atoms with Crippen molar-refractivity contribution in [3.05, 3.63) is 35.4 Å². The number of nitrogens with one attached hydrogen (secondary N) is 2. The molecule has 1 aromatic heterocycles. The van der Waals surface area contributed by atoms with Crippen LogP contribution in [0.1, 0.15) is 30.4 Å². The summed E-state index contributed by atoms with van der Waals surface area (Å²) in [5.74, 6) is -0.579. The summed E-state index contributed by atoms with van der Waals surface area (Å²) >= 11 is 1.19. The number of nitrogens with zero attached hydrogens (tertiary/aromatic N) is 3. The van der Waals surface area contributed by atoms with Crippen LogP contribution in [-0.4, -0.2) is 34.7 Å². The SMILES string of the molecule is CSc1nc(N)nc(N[C@H](CCCCN)C(=O)Nc2cccc(C(F)(F)F)c2)c1C#N. The molecule has 31 heavy (non-hydrogen) atoms. The topological polar surface area (TPSA) is 143 Å². The molecule has 166 valence electrons. The molecular weight excluding hydrogens is 431 g/mol. The molecule has 6 N–H and O–H groups in total. The Balaban J connectivity index is 2.30. The second-order valence-electron chi connectivity index (χ2n) is 6.48.